The Balaban J connectivity index is 1.79. The van der Waals surface area contributed by atoms with Gasteiger partial charge in [0.25, 0.3) is 5.91 Å². The average molecular weight is 333 g/mol. The van der Waals surface area contributed by atoms with Gasteiger partial charge in [-0.1, -0.05) is 0 Å². The molecule has 1 amide bonds. The standard InChI is InChI=1S/C20H19N3O2/c24-17-6-4-15(5-7-17)23(16-8-11-21-12-9-16)20(25)18-10-14-22-13-2-1-3-19(18)22/h4-12,14,24H,1-3,13H2. The minimum atomic E-state index is -0.0625. The number of hydrogen-bond donors (Lipinski definition) is 1. The summed E-state index contributed by atoms with van der Waals surface area (Å²) >= 11 is 0. The van der Waals surface area contributed by atoms with Gasteiger partial charge in [0, 0.05) is 36.5 Å². The summed E-state index contributed by atoms with van der Waals surface area (Å²) in [6.07, 6.45) is 8.54. The smallest absolute Gasteiger partial charge is 0.264 e. The fourth-order valence-corrected chi connectivity index (χ4v) is 3.36. The van der Waals surface area contributed by atoms with E-state index in [0.717, 1.165) is 42.8 Å². The fourth-order valence-electron chi connectivity index (χ4n) is 3.36. The summed E-state index contributed by atoms with van der Waals surface area (Å²) in [6.45, 7) is 0.969. The Morgan fingerprint density at radius 3 is 2.48 bits per heavy atom. The lowest BCUT2D eigenvalue weighted by atomic mass is 10.1. The molecule has 0 unspecified atom stereocenters. The molecule has 3 aromatic rings. The number of anilines is 2. The van der Waals surface area contributed by atoms with Crippen molar-refractivity contribution in [2.75, 3.05) is 4.90 Å². The van der Waals surface area contributed by atoms with Gasteiger partial charge in [0.15, 0.2) is 0 Å². The third-order valence-corrected chi connectivity index (χ3v) is 4.60. The molecule has 1 aliphatic heterocycles. The highest BCUT2D eigenvalue weighted by Gasteiger charge is 2.25. The van der Waals surface area contributed by atoms with Crippen molar-refractivity contribution in [3.05, 3.63) is 72.3 Å². The van der Waals surface area contributed by atoms with E-state index in [1.807, 2.05) is 24.4 Å². The van der Waals surface area contributed by atoms with Crippen LogP contribution in [0.4, 0.5) is 11.4 Å². The first-order valence-corrected chi connectivity index (χ1v) is 8.45. The van der Waals surface area contributed by atoms with Crippen LogP contribution in [0.25, 0.3) is 0 Å². The van der Waals surface area contributed by atoms with Crippen molar-refractivity contribution in [1.29, 1.82) is 0 Å². The van der Waals surface area contributed by atoms with Crippen LogP contribution in [0, 0.1) is 0 Å². The second-order valence-corrected chi connectivity index (χ2v) is 6.19. The Labute approximate surface area is 146 Å². The summed E-state index contributed by atoms with van der Waals surface area (Å²) in [5.74, 6) is 0.111. The third kappa shape index (κ3) is 2.89. The minimum Gasteiger partial charge on any atom is -0.508 e. The lowest BCUT2D eigenvalue weighted by molar-refractivity contribution is 0.0998. The third-order valence-electron chi connectivity index (χ3n) is 4.60. The molecule has 0 aliphatic carbocycles. The Morgan fingerprint density at radius 1 is 1.00 bits per heavy atom. The normalized spacial score (nSPS) is 13.3. The van der Waals surface area contributed by atoms with Gasteiger partial charge < -0.3 is 9.67 Å². The van der Waals surface area contributed by atoms with Crippen LogP contribution in [-0.2, 0) is 13.0 Å². The molecule has 4 rings (SSSR count). The molecule has 5 nitrogen and oxygen atoms in total. The second-order valence-electron chi connectivity index (χ2n) is 6.19. The molecular weight excluding hydrogens is 314 g/mol. The summed E-state index contributed by atoms with van der Waals surface area (Å²) in [4.78, 5) is 19.1. The monoisotopic (exact) mass is 333 g/mol. The molecule has 1 aromatic carbocycles. The molecule has 0 bridgehead atoms. The SMILES string of the molecule is O=C(c1ccn2c1CCCC2)N(c1ccncc1)c1ccc(O)cc1. The quantitative estimate of drug-likeness (QED) is 0.791. The molecule has 0 spiro atoms. The zero-order valence-electron chi connectivity index (χ0n) is 13.8. The number of phenols is 1. The topological polar surface area (TPSA) is 58.4 Å². The predicted molar refractivity (Wildman–Crippen MR) is 96.2 cm³/mol. The Bertz CT molecular complexity index is 885. The van der Waals surface area contributed by atoms with E-state index < -0.39 is 0 Å². The lowest BCUT2D eigenvalue weighted by Gasteiger charge is -2.24. The van der Waals surface area contributed by atoms with E-state index in [0.29, 0.717) is 5.69 Å². The number of aromatic nitrogens is 2. The van der Waals surface area contributed by atoms with E-state index in [4.69, 9.17) is 0 Å². The number of rotatable bonds is 3. The number of carbonyl (C=O) groups excluding carboxylic acids is 1. The number of nitrogens with zero attached hydrogens (tertiary/aromatic N) is 3. The Hall–Kier alpha value is -3.08. The first kappa shape index (κ1) is 15.4. The van der Waals surface area contributed by atoms with Gasteiger partial charge in [-0.25, -0.2) is 0 Å². The van der Waals surface area contributed by atoms with E-state index in [-0.39, 0.29) is 11.7 Å². The van der Waals surface area contributed by atoms with Crippen LogP contribution in [0.1, 0.15) is 28.9 Å². The molecule has 126 valence electrons. The van der Waals surface area contributed by atoms with E-state index in [1.165, 1.54) is 0 Å². The molecule has 0 fully saturated rings. The molecule has 0 saturated heterocycles. The molecule has 1 aliphatic rings. The number of fused-ring (bicyclic) bond motifs is 1. The van der Waals surface area contributed by atoms with Crippen molar-refractivity contribution in [1.82, 2.24) is 9.55 Å². The van der Waals surface area contributed by atoms with Crippen molar-refractivity contribution in [3.8, 4) is 5.75 Å². The first-order chi connectivity index (χ1) is 12.2. The van der Waals surface area contributed by atoms with Crippen molar-refractivity contribution in [2.45, 2.75) is 25.8 Å². The van der Waals surface area contributed by atoms with Gasteiger partial charge in [0.2, 0.25) is 0 Å². The van der Waals surface area contributed by atoms with Crippen molar-refractivity contribution < 1.29 is 9.90 Å². The number of aromatic hydroxyl groups is 1. The van der Waals surface area contributed by atoms with Crippen LogP contribution < -0.4 is 4.90 Å². The molecule has 0 saturated carbocycles. The number of hydrogen-bond acceptors (Lipinski definition) is 3. The molecule has 0 atom stereocenters. The minimum absolute atomic E-state index is 0.0625. The van der Waals surface area contributed by atoms with Gasteiger partial charge in [0.05, 0.1) is 11.3 Å². The van der Waals surface area contributed by atoms with E-state index >= 15 is 0 Å². The van der Waals surface area contributed by atoms with Gasteiger partial charge in [-0.2, -0.15) is 0 Å². The fraction of sp³-hybridized carbons (Fsp3) is 0.200. The van der Waals surface area contributed by atoms with Crippen molar-refractivity contribution in [3.63, 3.8) is 0 Å². The summed E-state index contributed by atoms with van der Waals surface area (Å²) in [5.41, 5.74) is 3.31. The molecule has 25 heavy (non-hydrogen) atoms. The van der Waals surface area contributed by atoms with Crippen LogP contribution in [0.5, 0.6) is 5.75 Å². The summed E-state index contributed by atoms with van der Waals surface area (Å²) in [6, 6.07) is 12.2. The van der Waals surface area contributed by atoms with E-state index in [1.54, 1.807) is 41.6 Å². The van der Waals surface area contributed by atoms with Gasteiger partial charge in [-0.05, 0) is 61.7 Å². The molecular formula is C20H19N3O2. The van der Waals surface area contributed by atoms with Gasteiger partial charge in [-0.15, -0.1) is 0 Å². The van der Waals surface area contributed by atoms with E-state index in [2.05, 4.69) is 9.55 Å². The number of phenolic OH excluding ortho intramolecular Hbond substituents is 1. The molecule has 5 heteroatoms. The van der Waals surface area contributed by atoms with Crippen molar-refractivity contribution in [2.24, 2.45) is 0 Å². The number of pyridine rings is 1. The van der Waals surface area contributed by atoms with Gasteiger partial charge in [0.1, 0.15) is 5.75 Å². The summed E-state index contributed by atoms with van der Waals surface area (Å²) in [7, 11) is 0. The van der Waals surface area contributed by atoms with Crippen LogP contribution in [-0.4, -0.2) is 20.6 Å². The second kappa shape index (κ2) is 6.43. The highest BCUT2D eigenvalue weighted by Crippen LogP contribution is 2.30. The average Bonchev–Trinajstić information content (AvgIpc) is 3.08. The van der Waals surface area contributed by atoms with Gasteiger partial charge in [-0.3, -0.25) is 14.7 Å². The Morgan fingerprint density at radius 2 is 1.72 bits per heavy atom. The van der Waals surface area contributed by atoms with Crippen LogP contribution in [0.15, 0.2) is 61.1 Å². The molecule has 0 radical (unpaired) electrons. The number of amides is 1. The molecule has 3 heterocycles. The maximum Gasteiger partial charge on any atom is 0.264 e. The molecule has 2 aromatic heterocycles. The predicted octanol–water partition coefficient (Wildman–Crippen LogP) is 3.90. The molecule has 1 N–H and O–H groups in total. The maximum atomic E-state index is 13.4. The van der Waals surface area contributed by atoms with Crippen molar-refractivity contribution >= 4 is 17.3 Å². The maximum absolute atomic E-state index is 13.4. The van der Waals surface area contributed by atoms with Gasteiger partial charge >= 0.3 is 0 Å². The van der Waals surface area contributed by atoms with Crippen LogP contribution in [0.2, 0.25) is 0 Å². The highest BCUT2D eigenvalue weighted by molar-refractivity contribution is 6.11. The van der Waals surface area contributed by atoms with Crippen LogP contribution >= 0.6 is 0 Å². The number of aryl methyl sites for hydroxylation is 1. The largest absolute Gasteiger partial charge is 0.508 e. The van der Waals surface area contributed by atoms with Crippen LogP contribution in [0.3, 0.4) is 0 Å². The summed E-state index contributed by atoms with van der Waals surface area (Å²) in [5, 5.41) is 9.57. The highest BCUT2D eigenvalue weighted by atomic mass is 16.3. The summed E-state index contributed by atoms with van der Waals surface area (Å²) < 4.78 is 2.18. The Kier molecular flexibility index (Phi) is 3.98. The number of carbonyl (C=O) groups is 1. The van der Waals surface area contributed by atoms with E-state index in [9.17, 15) is 9.90 Å². The lowest BCUT2D eigenvalue weighted by Crippen LogP contribution is -2.27. The first-order valence-electron chi connectivity index (χ1n) is 8.45. The zero-order chi connectivity index (χ0) is 17.2. The zero-order valence-corrected chi connectivity index (χ0v) is 13.8. The number of benzene rings is 1.